The molecule has 3 rings (SSSR count). The van der Waals surface area contributed by atoms with Crippen molar-refractivity contribution in [1.82, 2.24) is 0 Å². The van der Waals surface area contributed by atoms with Crippen LogP contribution in [0.5, 0.6) is 5.75 Å². The fraction of sp³-hybridized carbons (Fsp3) is 0.105. The summed E-state index contributed by atoms with van der Waals surface area (Å²) in [7, 11) is 0. The van der Waals surface area contributed by atoms with Gasteiger partial charge in [0.2, 0.25) is 0 Å². The second-order valence-electron chi connectivity index (χ2n) is 5.26. The monoisotopic (exact) mass is 337 g/mol. The molecule has 1 aliphatic rings. The molecular formula is C19H15NO5. The Morgan fingerprint density at radius 3 is 2.60 bits per heavy atom. The van der Waals surface area contributed by atoms with E-state index in [0.29, 0.717) is 22.6 Å². The average molecular weight is 337 g/mol. The molecule has 2 aromatic carbocycles. The molecule has 0 bridgehead atoms. The van der Waals surface area contributed by atoms with Crippen LogP contribution in [0.25, 0.3) is 11.6 Å². The van der Waals surface area contributed by atoms with E-state index in [1.54, 1.807) is 25.1 Å². The van der Waals surface area contributed by atoms with Crippen LogP contribution >= 0.6 is 0 Å². The largest absolute Gasteiger partial charge is 0.463 e. The smallest absolute Gasteiger partial charge is 0.334 e. The lowest BCUT2D eigenvalue weighted by Crippen LogP contribution is -2.09. The van der Waals surface area contributed by atoms with Gasteiger partial charge in [0.15, 0.2) is 0 Å². The predicted molar refractivity (Wildman–Crippen MR) is 92.8 cm³/mol. The summed E-state index contributed by atoms with van der Waals surface area (Å²) in [6.45, 7) is 1.98. The van der Waals surface area contributed by atoms with Crippen LogP contribution in [0, 0.1) is 10.1 Å². The molecule has 1 aliphatic heterocycles. The Kier molecular flexibility index (Phi) is 4.61. The number of allylic oxidation sites excluding steroid dienone is 1. The normalized spacial score (nSPS) is 14.3. The van der Waals surface area contributed by atoms with Crippen molar-refractivity contribution in [3.05, 3.63) is 81.6 Å². The molecule has 0 aliphatic carbocycles. The number of rotatable bonds is 4. The van der Waals surface area contributed by atoms with Crippen LogP contribution < -0.4 is 4.74 Å². The zero-order chi connectivity index (χ0) is 17.8. The molecular weight excluding hydrogens is 322 g/mol. The summed E-state index contributed by atoms with van der Waals surface area (Å²) in [5.41, 5.74) is 2.21. The average Bonchev–Trinajstić information content (AvgIpc) is 2.61. The number of carbonyl (C=O) groups is 1. The number of hydrogen-bond donors (Lipinski definition) is 0. The van der Waals surface area contributed by atoms with Crippen molar-refractivity contribution >= 4 is 23.3 Å². The van der Waals surface area contributed by atoms with Crippen LogP contribution in [-0.2, 0) is 9.53 Å². The third-order valence-electron chi connectivity index (χ3n) is 3.63. The maximum atomic E-state index is 11.8. The van der Waals surface area contributed by atoms with E-state index in [2.05, 4.69) is 0 Å². The van der Waals surface area contributed by atoms with E-state index in [4.69, 9.17) is 9.47 Å². The van der Waals surface area contributed by atoms with E-state index in [1.165, 1.54) is 18.2 Å². The highest BCUT2D eigenvalue weighted by Gasteiger charge is 2.20. The first kappa shape index (κ1) is 16.4. The molecule has 0 aromatic heterocycles. The fourth-order valence-corrected chi connectivity index (χ4v) is 2.48. The van der Waals surface area contributed by atoms with Crippen LogP contribution in [-0.4, -0.2) is 17.5 Å². The second kappa shape index (κ2) is 7.00. The zero-order valence-corrected chi connectivity index (χ0v) is 13.5. The third-order valence-corrected chi connectivity index (χ3v) is 3.63. The van der Waals surface area contributed by atoms with Gasteiger partial charge >= 0.3 is 5.97 Å². The lowest BCUT2D eigenvalue weighted by atomic mass is 9.98. The van der Waals surface area contributed by atoms with Gasteiger partial charge < -0.3 is 9.47 Å². The van der Waals surface area contributed by atoms with Gasteiger partial charge in [-0.05, 0) is 36.8 Å². The minimum atomic E-state index is -0.510. The van der Waals surface area contributed by atoms with Crippen molar-refractivity contribution in [2.24, 2.45) is 0 Å². The van der Waals surface area contributed by atoms with Gasteiger partial charge in [-0.3, -0.25) is 10.1 Å². The Morgan fingerprint density at radius 1 is 1.20 bits per heavy atom. The molecule has 6 nitrogen and oxygen atoms in total. The SMILES string of the molecule is CCOC(=O)/C=C1\Oc2ccccc2C=C1c1ccc([N+](=O)[O-])cc1. The maximum absolute atomic E-state index is 11.8. The topological polar surface area (TPSA) is 78.7 Å². The Morgan fingerprint density at radius 2 is 1.92 bits per heavy atom. The molecule has 0 N–H and O–H groups in total. The van der Waals surface area contributed by atoms with E-state index >= 15 is 0 Å². The highest BCUT2D eigenvalue weighted by molar-refractivity contribution is 5.97. The molecule has 0 fully saturated rings. The molecule has 0 amide bonds. The number of esters is 1. The van der Waals surface area contributed by atoms with E-state index in [9.17, 15) is 14.9 Å². The van der Waals surface area contributed by atoms with Crippen molar-refractivity contribution in [3.8, 4) is 5.75 Å². The van der Waals surface area contributed by atoms with Crippen LogP contribution in [0.15, 0.2) is 60.4 Å². The number of nitro groups is 1. The molecule has 0 unspecified atom stereocenters. The first-order chi connectivity index (χ1) is 12.1. The maximum Gasteiger partial charge on any atom is 0.334 e. The van der Waals surface area contributed by atoms with Crippen molar-refractivity contribution in [2.45, 2.75) is 6.92 Å². The van der Waals surface area contributed by atoms with E-state index < -0.39 is 10.9 Å². The zero-order valence-electron chi connectivity index (χ0n) is 13.5. The van der Waals surface area contributed by atoms with Crippen molar-refractivity contribution in [3.63, 3.8) is 0 Å². The van der Waals surface area contributed by atoms with E-state index in [0.717, 1.165) is 5.56 Å². The first-order valence-electron chi connectivity index (χ1n) is 7.70. The van der Waals surface area contributed by atoms with Gasteiger partial charge in [-0.15, -0.1) is 0 Å². The van der Waals surface area contributed by atoms with E-state index in [-0.39, 0.29) is 12.3 Å². The Bertz CT molecular complexity index is 881. The molecule has 0 saturated carbocycles. The van der Waals surface area contributed by atoms with Crippen molar-refractivity contribution < 1.29 is 19.2 Å². The van der Waals surface area contributed by atoms with Gasteiger partial charge in [0.1, 0.15) is 11.5 Å². The third kappa shape index (κ3) is 3.58. The second-order valence-corrected chi connectivity index (χ2v) is 5.26. The van der Waals surface area contributed by atoms with Crippen molar-refractivity contribution in [2.75, 3.05) is 6.61 Å². The summed E-state index contributed by atoms with van der Waals surface area (Å²) in [4.78, 5) is 22.2. The van der Waals surface area contributed by atoms with Gasteiger partial charge in [0, 0.05) is 23.3 Å². The summed E-state index contributed by atoms with van der Waals surface area (Å²) in [5, 5.41) is 10.8. The summed E-state index contributed by atoms with van der Waals surface area (Å²) < 4.78 is 10.8. The minimum absolute atomic E-state index is 0.00241. The molecule has 6 heteroatoms. The molecule has 126 valence electrons. The van der Waals surface area contributed by atoms with Crippen LogP contribution in [0.3, 0.4) is 0 Å². The van der Waals surface area contributed by atoms with Crippen LogP contribution in [0.2, 0.25) is 0 Å². The molecule has 25 heavy (non-hydrogen) atoms. The summed E-state index contributed by atoms with van der Waals surface area (Å²) in [5.74, 6) is 0.458. The summed E-state index contributed by atoms with van der Waals surface area (Å²) >= 11 is 0. The molecule has 1 heterocycles. The lowest BCUT2D eigenvalue weighted by Gasteiger charge is -2.20. The summed E-state index contributed by atoms with van der Waals surface area (Å²) in [6.07, 6.45) is 3.16. The number of hydrogen-bond acceptors (Lipinski definition) is 5. The van der Waals surface area contributed by atoms with Crippen LogP contribution in [0.4, 0.5) is 5.69 Å². The van der Waals surface area contributed by atoms with E-state index in [1.807, 2.05) is 24.3 Å². The number of fused-ring (bicyclic) bond motifs is 1. The van der Waals surface area contributed by atoms with Gasteiger partial charge in [0.05, 0.1) is 17.6 Å². The van der Waals surface area contributed by atoms with Gasteiger partial charge in [0.25, 0.3) is 5.69 Å². The minimum Gasteiger partial charge on any atom is -0.463 e. The van der Waals surface area contributed by atoms with Gasteiger partial charge in [-0.25, -0.2) is 4.79 Å². The number of nitro benzene ring substituents is 1. The number of ether oxygens (including phenoxy) is 2. The van der Waals surface area contributed by atoms with Crippen LogP contribution in [0.1, 0.15) is 18.1 Å². The molecule has 0 atom stereocenters. The summed E-state index contributed by atoms with van der Waals surface area (Å²) in [6, 6.07) is 13.5. The number of para-hydroxylation sites is 1. The Hall–Kier alpha value is -3.41. The molecule has 0 spiro atoms. The predicted octanol–water partition coefficient (Wildman–Crippen LogP) is 3.97. The Balaban J connectivity index is 2.06. The highest BCUT2D eigenvalue weighted by atomic mass is 16.6. The standard InChI is InChI=1S/C19H15NO5/c1-2-24-19(21)12-18-16(11-14-5-3-4-6-17(14)25-18)13-7-9-15(10-8-13)20(22)23/h3-12H,2H2,1H3/b18-12-. The number of benzene rings is 2. The lowest BCUT2D eigenvalue weighted by molar-refractivity contribution is -0.384. The highest BCUT2D eigenvalue weighted by Crippen LogP contribution is 2.36. The number of nitrogens with zero attached hydrogens (tertiary/aromatic N) is 1. The fourth-order valence-electron chi connectivity index (χ4n) is 2.48. The number of carbonyl (C=O) groups excluding carboxylic acids is 1. The Labute approximate surface area is 144 Å². The molecule has 0 saturated heterocycles. The van der Waals surface area contributed by atoms with Gasteiger partial charge in [-0.2, -0.15) is 0 Å². The number of non-ortho nitro benzene ring substituents is 1. The molecule has 0 radical (unpaired) electrons. The molecule has 2 aromatic rings. The van der Waals surface area contributed by atoms with Crippen molar-refractivity contribution in [1.29, 1.82) is 0 Å². The first-order valence-corrected chi connectivity index (χ1v) is 7.70. The quantitative estimate of drug-likeness (QED) is 0.365. The van der Waals surface area contributed by atoms with Gasteiger partial charge in [-0.1, -0.05) is 18.2 Å².